The number of likely N-dealkylation sites (tertiary alicyclic amines) is 1. The van der Waals surface area contributed by atoms with Gasteiger partial charge in [0.2, 0.25) is 5.91 Å². The van der Waals surface area contributed by atoms with Gasteiger partial charge in [-0.25, -0.2) is 4.98 Å². The minimum absolute atomic E-state index is 0.166. The van der Waals surface area contributed by atoms with Crippen LogP contribution in [0.4, 0.5) is 0 Å². The van der Waals surface area contributed by atoms with Crippen molar-refractivity contribution < 1.29 is 9.53 Å². The number of hydrogen-bond acceptors (Lipinski definition) is 3. The zero-order valence-corrected chi connectivity index (χ0v) is 18.0. The van der Waals surface area contributed by atoms with E-state index >= 15 is 0 Å². The summed E-state index contributed by atoms with van der Waals surface area (Å²) in [6, 6.07) is 16.4. The number of benzene rings is 2. The number of imidazole rings is 1. The predicted octanol–water partition coefficient (Wildman–Crippen LogP) is 4.93. The molecule has 0 N–H and O–H groups in total. The minimum Gasteiger partial charge on any atom is -0.494 e. The molecule has 1 aromatic heterocycles. The Hall–Kier alpha value is -2.82. The number of rotatable bonds is 9. The van der Waals surface area contributed by atoms with Gasteiger partial charge in [-0.2, -0.15) is 0 Å². The minimum atomic E-state index is 0.166. The second-order valence-electron chi connectivity index (χ2n) is 8.22. The lowest BCUT2D eigenvalue weighted by molar-refractivity contribution is -0.127. The number of fused-ring (bicyclic) bond motifs is 1. The summed E-state index contributed by atoms with van der Waals surface area (Å²) in [5.74, 6) is 2.37. The normalized spacial score (nSPS) is 16.5. The average molecular weight is 406 g/mol. The van der Waals surface area contributed by atoms with Gasteiger partial charge in [-0.3, -0.25) is 4.79 Å². The molecule has 1 aliphatic rings. The van der Waals surface area contributed by atoms with Gasteiger partial charge in [-0.15, -0.1) is 0 Å². The highest BCUT2D eigenvalue weighted by Gasteiger charge is 2.33. The topological polar surface area (TPSA) is 47.4 Å². The van der Waals surface area contributed by atoms with Crippen molar-refractivity contribution in [2.24, 2.45) is 0 Å². The number of carbonyl (C=O) groups is 1. The summed E-state index contributed by atoms with van der Waals surface area (Å²) >= 11 is 0. The van der Waals surface area contributed by atoms with E-state index in [0.29, 0.717) is 13.0 Å². The number of carbonyl (C=O) groups excluding carboxylic acids is 1. The van der Waals surface area contributed by atoms with E-state index in [9.17, 15) is 4.79 Å². The van der Waals surface area contributed by atoms with Crippen LogP contribution in [0.5, 0.6) is 5.75 Å². The van der Waals surface area contributed by atoms with Crippen LogP contribution in [-0.4, -0.2) is 40.1 Å². The summed E-state index contributed by atoms with van der Waals surface area (Å²) in [5.41, 5.74) is 3.38. The van der Waals surface area contributed by atoms with Crippen LogP contribution in [0.25, 0.3) is 11.0 Å². The average Bonchev–Trinajstić information content (AvgIpc) is 3.31. The molecular weight excluding hydrogens is 374 g/mol. The van der Waals surface area contributed by atoms with E-state index < -0.39 is 0 Å². The van der Waals surface area contributed by atoms with Crippen molar-refractivity contribution in [2.75, 3.05) is 19.7 Å². The van der Waals surface area contributed by atoms with Gasteiger partial charge in [-0.05, 0) is 44.0 Å². The molecule has 1 fully saturated rings. The van der Waals surface area contributed by atoms with Crippen LogP contribution < -0.4 is 4.74 Å². The number of hydrogen-bond donors (Lipinski definition) is 0. The lowest BCUT2D eigenvalue weighted by atomic mass is 10.1. The number of unbranched alkanes of at least 4 members (excludes halogenated alkanes) is 1. The largest absolute Gasteiger partial charge is 0.494 e. The number of amides is 1. The van der Waals surface area contributed by atoms with Crippen LogP contribution in [0.15, 0.2) is 48.5 Å². The summed E-state index contributed by atoms with van der Waals surface area (Å²) < 4.78 is 8.22. The number of para-hydroxylation sites is 2. The van der Waals surface area contributed by atoms with Crippen LogP contribution in [-0.2, 0) is 11.3 Å². The molecule has 3 aromatic rings. The summed E-state index contributed by atoms with van der Waals surface area (Å²) in [5, 5.41) is 0. The molecule has 1 aliphatic heterocycles. The number of ether oxygens (including phenoxy) is 1. The molecule has 30 heavy (non-hydrogen) atoms. The first-order valence-electron chi connectivity index (χ1n) is 11.1. The third-order valence-electron chi connectivity index (χ3n) is 5.86. The van der Waals surface area contributed by atoms with E-state index in [-0.39, 0.29) is 11.8 Å². The molecule has 0 aliphatic carbocycles. The van der Waals surface area contributed by atoms with E-state index in [4.69, 9.17) is 9.72 Å². The van der Waals surface area contributed by atoms with E-state index in [1.165, 1.54) is 5.56 Å². The number of aromatic nitrogens is 2. The van der Waals surface area contributed by atoms with Gasteiger partial charge in [0.15, 0.2) is 0 Å². The van der Waals surface area contributed by atoms with Gasteiger partial charge < -0.3 is 14.2 Å². The Morgan fingerprint density at radius 1 is 1.07 bits per heavy atom. The molecule has 0 radical (unpaired) electrons. The van der Waals surface area contributed by atoms with Crippen molar-refractivity contribution in [3.63, 3.8) is 0 Å². The zero-order valence-electron chi connectivity index (χ0n) is 18.0. The fraction of sp³-hybridized carbons (Fsp3) is 0.440. The molecule has 0 spiro atoms. The van der Waals surface area contributed by atoms with Crippen molar-refractivity contribution in [3.8, 4) is 5.75 Å². The molecule has 158 valence electrons. The molecule has 5 nitrogen and oxygen atoms in total. The monoisotopic (exact) mass is 405 g/mol. The first-order valence-corrected chi connectivity index (χ1v) is 11.1. The van der Waals surface area contributed by atoms with Gasteiger partial charge in [-0.1, -0.05) is 43.2 Å². The van der Waals surface area contributed by atoms with Gasteiger partial charge >= 0.3 is 0 Å². The molecule has 4 rings (SSSR count). The highest BCUT2D eigenvalue weighted by molar-refractivity contribution is 5.80. The maximum Gasteiger partial charge on any atom is 0.223 e. The maximum atomic E-state index is 12.5. The lowest BCUT2D eigenvalue weighted by Crippen LogP contribution is -2.26. The van der Waals surface area contributed by atoms with Crippen molar-refractivity contribution in [1.82, 2.24) is 14.5 Å². The predicted molar refractivity (Wildman–Crippen MR) is 120 cm³/mol. The summed E-state index contributed by atoms with van der Waals surface area (Å²) in [6.45, 7) is 7.36. The zero-order chi connectivity index (χ0) is 20.9. The Balaban J connectivity index is 1.46. The molecule has 0 saturated carbocycles. The number of nitrogens with zero attached hydrogens (tertiary/aromatic N) is 3. The summed E-state index contributed by atoms with van der Waals surface area (Å²) in [7, 11) is 0. The Morgan fingerprint density at radius 2 is 1.87 bits per heavy atom. The van der Waals surface area contributed by atoms with E-state index in [0.717, 1.165) is 61.5 Å². The van der Waals surface area contributed by atoms with E-state index in [1.54, 1.807) is 0 Å². The van der Waals surface area contributed by atoms with Gasteiger partial charge in [0, 0.05) is 32.0 Å². The second-order valence-corrected chi connectivity index (χ2v) is 8.22. The lowest BCUT2D eigenvalue weighted by Gasteiger charge is -2.17. The fourth-order valence-electron chi connectivity index (χ4n) is 4.20. The molecule has 0 bridgehead atoms. The highest BCUT2D eigenvalue weighted by Crippen LogP contribution is 2.30. The summed E-state index contributed by atoms with van der Waals surface area (Å²) in [4.78, 5) is 19.4. The van der Waals surface area contributed by atoms with Gasteiger partial charge in [0.25, 0.3) is 0 Å². The molecular formula is C25H31N3O2. The SMILES string of the molecule is CCCCN1C[C@H](c2nc3ccccc3n2CCCOc2ccc(C)cc2)CC1=O. The van der Waals surface area contributed by atoms with Crippen LogP contribution in [0, 0.1) is 6.92 Å². The standard InChI is InChI=1S/C25H31N3O2/c1-3-4-14-27-18-20(17-24(27)29)25-26-22-8-5-6-9-23(22)28(25)15-7-16-30-21-12-10-19(2)11-13-21/h5-6,8-13,20H,3-4,7,14-18H2,1-2H3/t20-/m1/s1. The Kier molecular flexibility index (Phi) is 6.36. The third kappa shape index (κ3) is 4.50. The van der Waals surface area contributed by atoms with Crippen LogP contribution >= 0.6 is 0 Å². The molecule has 2 heterocycles. The van der Waals surface area contributed by atoms with Gasteiger partial charge in [0.1, 0.15) is 11.6 Å². The second kappa shape index (κ2) is 9.33. The highest BCUT2D eigenvalue weighted by atomic mass is 16.5. The fourth-order valence-corrected chi connectivity index (χ4v) is 4.20. The third-order valence-corrected chi connectivity index (χ3v) is 5.86. The Labute approximate surface area is 178 Å². The first-order chi connectivity index (χ1) is 14.7. The van der Waals surface area contributed by atoms with Crippen LogP contribution in [0.2, 0.25) is 0 Å². The Bertz CT molecular complexity index is 993. The van der Waals surface area contributed by atoms with Crippen molar-refractivity contribution in [1.29, 1.82) is 0 Å². The van der Waals surface area contributed by atoms with E-state index in [2.05, 4.69) is 48.7 Å². The van der Waals surface area contributed by atoms with Crippen molar-refractivity contribution >= 4 is 16.9 Å². The van der Waals surface area contributed by atoms with E-state index in [1.807, 2.05) is 23.1 Å². The van der Waals surface area contributed by atoms with Crippen LogP contribution in [0.3, 0.4) is 0 Å². The molecule has 2 aromatic carbocycles. The smallest absolute Gasteiger partial charge is 0.223 e. The molecule has 1 atom stereocenters. The maximum absolute atomic E-state index is 12.5. The van der Waals surface area contributed by atoms with Crippen molar-refractivity contribution in [2.45, 2.75) is 52.0 Å². The molecule has 1 saturated heterocycles. The Morgan fingerprint density at radius 3 is 2.67 bits per heavy atom. The first kappa shape index (κ1) is 20.5. The quantitative estimate of drug-likeness (QED) is 0.474. The number of aryl methyl sites for hydroxylation is 2. The van der Waals surface area contributed by atoms with Crippen molar-refractivity contribution in [3.05, 3.63) is 59.9 Å². The molecule has 5 heteroatoms. The van der Waals surface area contributed by atoms with Crippen LogP contribution in [0.1, 0.15) is 49.9 Å². The molecule has 1 amide bonds. The summed E-state index contributed by atoms with van der Waals surface area (Å²) in [6.07, 6.45) is 3.62. The van der Waals surface area contributed by atoms with Gasteiger partial charge in [0.05, 0.1) is 17.6 Å². The molecule has 0 unspecified atom stereocenters.